The minimum Gasteiger partial charge on any atom is -0.393 e. The van der Waals surface area contributed by atoms with Crippen molar-refractivity contribution in [3.05, 3.63) is 0 Å². The van der Waals surface area contributed by atoms with E-state index in [1.807, 2.05) is 6.92 Å². The van der Waals surface area contributed by atoms with Crippen LogP contribution in [-0.2, 0) is 0 Å². The van der Waals surface area contributed by atoms with Crippen molar-refractivity contribution in [2.75, 3.05) is 13.1 Å². The average Bonchev–Trinajstić information content (AvgIpc) is 1.88. The number of aliphatic hydroxyl groups is 1. The summed E-state index contributed by atoms with van der Waals surface area (Å²) in [6, 6.07) is 0.505. The Morgan fingerprint density at radius 1 is 1.18 bits per heavy atom. The molecule has 0 aliphatic carbocycles. The van der Waals surface area contributed by atoms with Gasteiger partial charge in [0.15, 0.2) is 0 Å². The molecule has 1 N–H and O–H groups in total. The summed E-state index contributed by atoms with van der Waals surface area (Å²) in [5.74, 6) is 0. The third-order valence-corrected chi connectivity index (χ3v) is 2.12. The van der Waals surface area contributed by atoms with E-state index in [-0.39, 0.29) is 6.10 Å². The molecule has 0 spiro atoms. The molecule has 0 rings (SSSR count). The van der Waals surface area contributed by atoms with Crippen LogP contribution in [-0.4, -0.2) is 35.2 Å². The van der Waals surface area contributed by atoms with Gasteiger partial charge in [0.25, 0.3) is 0 Å². The molecule has 0 amide bonds. The Labute approximate surface area is 70.2 Å². The van der Waals surface area contributed by atoms with Gasteiger partial charge in [0.05, 0.1) is 6.10 Å². The molecular formula is C9H21NO. The van der Waals surface area contributed by atoms with Crippen molar-refractivity contribution in [1.29, 1.82) is 0 Å². The fraction of sp³-hybridized carbons (Fsp3) is 1.00. The maximum Gasteiger partial charge on any atom is 0.0526 e. The van der Waals surface area contributed by atoms with Crippen LogP contribution in [0.15, 0.2) is 0 Å². The van der Waals surface area contributed by atoms with Gasteiger partial charge in [-0.15, -0.1) is 0 Å². The Hall–Kier alpha value is -0.0800. The summed E-state index contributed by atoms with van der Waals surface area (Å²) in [5.41, 5.74) is 0. The van der Waals surface area contributed by atoms with Gasteiger partial charge in [0.2, 0.25) is 0 Å². The van der Waals surface area contributed by atoms with E-state index in [1.54, 1.807) is 0 Å². The molecular weight excluding hydrogens is 138 g/mol. The molecule has 0 unspecified atom stereocenters. The fourth-order valence-corrected chi connectivity index (χ4v) is 1.49. The molecule has 0 saturated carbocycles. The lowest BCUT2D eigenvalue weighted by Crippen LogP contribution is -2.34. The second-order valence-corrected chi connectivity index (χ2v) is 3.15. The molecule has 68 valence electrons. The first-order valence-electron chi connectivity index (χ1n) is 4.53. The number of rotatable bonds is 5. The number of aliphatic hydroxyl groups excluding tert-OH is 1. The highest BCUT2D eigenvalue weighted by Crippen LogP contribution is 2.05. The Balaban J connectivity index is 3.68. The minimum atomic E-state index is -0.175. The van der Waals surface area contributed by atoms with Gasteiger partial charge >= 0.3 is 0 Å². The zero-order valence-electron chi connectivity index (χ0n) is 8.17. The summed E-state index contributed by atoms with van der Waals surface area (Å²) in [5, 5.41) is 9.14. The van der Waals surface area contributed by atoms with Crippen LogP contribution in [0.3, 0.4) is 0 Å². The molecule has 0 aliphatic heterocycles. The predicted molar refractivity (Wildman–Crippen MR) is 48.7 cm³/mol. The molecule has 0 radical (unpaired) electrons. The minimum absolute atomic E-state index is 0.175. The molecule has 0 aromatic heterocycles. The van der Waals surface area contributed by atoms with Gasteiger partial charge in [0.1, 0.15) is 0 Å². The largest absolute Gasteiger partial charge is 0.393 e. The predicted octanol–water partition coefficient (Wildman–Crippen LogP) is 1.49. The van der Waals surface area contributed by atoms with Crippen LogP contribution in [0.5, 0.6) is 0 Å². The van der Waals surface area contributed by atoms with E-state index in [1.165, 1.54) is 0 Å². The second-order valence-electron chi connectivity index (χ2n) is 3.15. The zero-order chi connectivity index (χ0) is 8.85. The van der Waals surface area contributed by atoms with Gasteiger partial charge in [-0.2, -0.15) is 0 Å². The Kier molecular flexibility index (Phi) is 5.51. The highest BCUT2D eigenvalue weighted by molar-refractivity contribution is 4.66. The molecule has 2 atom stereocenters. The van der Waals surface area contributed by atoms with Gasteiger partial charge in [-0.3, -0.25) is 0 Å². The lowest BCUT2D eigenvalue weighted by molar-refractivity contribution is 0.126. The summed E-state index contributed by atoms with van der Waals surface area (Å²) in [7, 11) is 0. The smallest absolute Gasteiger partial charge is 0.0526 e. The van der Waals surface area contributed by atoms with Gasteiger partial charge < -0.3 is 10.0 Å². The van der Waals surface area contributed by atoms with Crippen LogP contribution < -0.4 is 0 Å². The monoisotopic (exact) mass is 159 g/mol. The van der Waals surface area contributed by atoms with Crippen LogP contribution in [0.4, 0.5) is 0 Å². The third kappa shape index (κ3) is 4.38. The van der Waals surface area contributed by atoms with Crippen molar-refractivity contribution in [2.45, 2.75) is 46.3 Å². The van der Waals surface area contributed by atoms with E-state index in [0.717, 1.165) is 19.5 Å². The molecule has 0 saturated heterocycles. The first-order chi connectivity index (χ1) is 5.11. The summed E-state index contributed by atoms with van der Waals surface area (Å²) in [6.45, 7) is 10.5. The lowest BCUT2D eigenvalue weighted by atomic mass is 10.1. The van der Waals surface area contributed by atoms with Crippen molar-refractivity contribution < 1.29 is 5.11 Å². The quantitative estimate of drug-likeness (QED) is 0.657. The first-order valence-corrected chi connectivity index (χ1v) is 4.53. The maximum atomic E-state index is 9.14. The fourth-order valence-electron chi connectivity index (χ4n) is 1.49. The normalized spacial score (nSPS) is 16.9. The van der Waals surface area contributed by atoms with Crippen molar-refractivity contribution in [1.82, 2.24) is 4.90 Å². The van der Waals surface area contributed by atoms with E-state index in [4.69, 9.17) is 5.11 Å². The van der Waals surface area contributed by atoms with E-state index in [9.17, 15) is 0 Å². The molecule has 0 aromatic rings. The molecule has 0 aliphatic rings. The van der Waals surface area contributed by atoms with Gasteiger partial charge in [-0.25, -0.2) is 0 Å². The molecule has 0 fully saturated rings. The highest BCUT2D eigenvalue weighted by Gasteiger charge is 2.11. The standard InChI is InChI=1S/C9H21NO/c1-5-10(6-2)8(3)7-9(4)11/h8-9,11H,5-7H2,1-4H3/t8-,9-/m1/s1. The van der Waals surface area contributed by atoms with Crippen molar-refractivity contribution in [2.24, 2.45) is 0 Å². The van der Waals surface area contributed by atoms with Gasteiger partial charge in [-0.05, 0) is 33.4 Å². The molecule has 2 nitrogen and oxygen atoms in total. The summed E-state index contributed by atoms with van der Waals surface area (Å²) < 4.78 is 0. The van der Waals surface area contributed by atoms with Crippen LogP contribution >= 0.6 is 0 Å². The lowest BCUT2D eigenvalue weighted by Gasteiger charge is -2.27. The van der Waals surface area contributed by atoms with Crippen molar-refractivity contribution in [3.8, 4) is 0 Å². The van der Waals surface area contributed by atoms with Crippen LogP contribution in [0.2, 0.25) is 0 Å². The van der Waals surface area contributed by atoms with Gasteiger partial charge in [0, 0.05) is 6.04 Å². The van der Waals surface area contributed by atoms with Crippen LogP contribution in [0.25, 0.3) is 0 Å². The Bertz CT molecular complexity index is 89.6. The summed E-state index contributed by atoms with van der Waals surface area (Å²) in [4.78, 5) is 2.35. The first kappa shape index (κ1) is 10.9. The second kappa shape index (κ2) is 5.56. The molecule has 0 aromatic carbocycles. The topological polar surface area (TPSA) is 23.5 Å². The average molecular weight is 159 g/mol. The number of hydrogen-bond donors (Lipinski definition) is 1. The third-order valence-electron chi connectivity index (χ3n) is 2.12. The highest BCUT2D eigenvalue weighted by atomic mass is 16.3. The van der Waals surface area contributed by atoms with E-state index in [0.29, 0.717) is 6.04 Å². The zero-order valence-corrected chi connectivity index (χ0v) is 8.17. The maximum absolute atomic E-state index is 9.14. The Morgan fingerprint density at radius 2 is 1.64 bits per heavy atom. The van der Waals surface area contributed by atoms with Crippen molar-refractivity contribution >= 4 is 0 Å². The number of hydrogen-bond acceptors (Lipinski definition) is 2. The van der Waals surface area contributed by atoms with E-state index >= 15 is 0 Å². The van der Waals surface area contributed by atoms with E-state index < -0.39 is 0 Å². The molecule has 11 heavy (non-hydrogen) atoms. The molecule has 0 heterocycles. The Morgan fingerprint density at radius 3 is 1.91 bits per heavy atom. The van der Waals surface area contributed by atoms with E-state index in [2.05, 4.69) is 25.7 Å². The molecule has 0 bridgehead atoms. The summed E-state index contributed by atoms with van der Waals surface area (Å²) >= 11 is 0. The SMILES string of the molecule is CCN(CC)[C@H](C)C[C@@H](C)O. The van der Waals surface area contributed by atoms with Crippen molar-refractivity contribution in [3.63, 3.8) is 0 Å². The van der Waals surface area contributed by atoms with Crippen LogP contribution in [0.1, 0.15) is 34.1 Å². The molecule has 2 heteroatoms. The number of nitrogens with zero attached hydrogens (tertiary/aromatic N) is 1. The summed E-state index contributed by atoms with van der Waals surface area (Å²) in [6.07, 6.45) is 0.701. The van der Waals surface area contributed by atoms with Crippen LogP contribution in [0, 0.1) is 0 Å². The van der Waals surface area contributed by atoms with Gasteiger partial charge in [-0.1, -0.05) is 13.8 Å².